The molecule has 0 radical (unpaired) electrons. The number of aliphatic hydroxyl groups is 5. The molecule has 0 aromatic rings. The molecule has 28 heavy (non-hydrogen) atoms. The fourth-order valence-corrected chi connectivity index (χ4v) is 6.07. The average Bonchev–Trinajstić information content (AvgIpc) is 2.64. The summed E-state index contributed by atoms with van der Waals surface area (Å²) in [7, 11) is 0. The van der Waals surface area contributed by atoms with Gasteiger partial charge in [-0.3, -0.25) is 0 Å². The summed E-state index contributed by atoms with van der Waals surface area (Å²) in [4.78, 5) is 0. The van der Waals surface area contributed by atoms with Crippen LogP contribution < -0.4 is 0 Å². The lowest BCUT2D eigenvalue weighted by molar-refractivity contribution is -0.327. The van der Waals surface area contributed by atoms with Crippen molar-refractivity contribution in [2.24, 2.45) is 22.7 Å². The highest BCUT2D eigenvalue weighted by molar-refractivity contribution is 5.17. The van der Waals surface area contributed by atoms with Crippen LogP contribution in [0.1, 0.15) is 46.5 Å². The Morgan fingerprint density at radius 2 is 1.71 bits per heavy atom. The number of rotatable bonds is 4. The van der Waals surface area contributed by atoms with Crippen LogP contribution in [0.25, 0.3) is 0 Å². The van der Waals surface area contributed by atoms with Gasteiger partial charge in [0.05, 0.1) is 19.3 Å². The topological polar surface area (TPSA) is 120 Å². The molecule has 1 heterocycles. The van der Waals surface area contributed by atoms with E-state index in [1.165, 1.54) is 0 Å². The Morgan fingerprint density at radius 3 is 2.32 bits per heavy atom. The SMILES string of the molecule is C=C1CCC2C(C)(C)C(OC3OC(CO)C(O)C(O)C3O)CCC2(C)C1CO. The first-order valence-electron chi connectivity index (χ1n) is 10.3. The summed E-state index contributed by atoms with van der Waals surface area (Å²) < 4.78 is 11.7. The minimum absolute atomic E-state index is 0.0666. The molecule has 162 valence electrons. The first-order valence-corrected chi connectivity index (χ1v) is 10.3. The molecule has 7 heteroatoms. The summed E-state index contributed by atoms with van der Waals surface area (Å²) >= 11 is 0. The fourth-order valence-electron chi connectivity index (χ4n) is 6.07. The third kappa shape index (κ3) is 3.45. The summed E-state index contributed by atoms with van der Waals surface area (Å²) in [6, 6.07) is 0. The minimum Gasteiger partial charge on any atom is -0.396 e. The zero-order chi connectivity index (χ0) is 20.9. The highest BCUT2D eigenvalue weighted by Crippen LogP contribution is 2.61. The van der Waals surface area contributed by atoms with Crippen molar-refractivity contribution in [1.29, 1.82) is 0 Å². The molecule has 0 aromatic carbocycles. The molecule has 5 N–H and O–H groups in total. The van der Waals surface area contributed by atoms with Crippen LogP contribution in [-0.2, 0) is 9.47 Å². The van der Waals surface area contributed by atoms with Gasteiger partial charge in [-0.15, -0.1) is 0 Å². The van der Waals surface area contributed by atoms with Crippen LogP contribution in [-0.4, -0.2) is 75.6 Å². The molecule has 0 aromatic heterocycles. The smallest absolute Gasteiger partial charge is 0.186 e. The van der Waals surface area contributed by atoms with E-state index in [-0.39, 0.29) is 29.5 Å². The van der Waals surface area contributed by atoms with Gasteiger partial charge in [-0.25, -0.2) is 0 Å². The van der Waals surface area contributed by atoms with E-state index in [1.54, 1.807) is 0 Å². The molecular formula is C21H36O7. The molecule has 0 bridgehead atoms. The Morgan fingerprint density at radius 1 is 1.04 bits per heavy atom. The third-order valence-electron chi connectivity index (χ3n) is 7.84. The Bertz CT molecular complexity index is 577. The predicted molar refractivity (Wildman–Crippen MR) is 102 cm³/mol. The van der Waals surface area contributed by atoms with Gasteiger partial charge in [-0.1, -0.05) is 32.9 Å². The Hall–Kier alpha value is -0.540. The van der Waals surface area contributed by atoms with E-state index in [0.717, 1.165) is 31.3 Å². The van der Waals surface area contributed by atoms with Crippen LogP contribution >= 0.6 is 0 Å². The Labute approximate surface area is 167 Å². The van der Waals surface area contributed by atoms with Crippen LogP contribution in [0.3, 0.4) is 0 Å². The molecule has 0 amide bonds. The molecule has 7 nitrogen and oxygen atoms in total. The first-order chi connectivity index (χ1) is 13.1. The van der Waals surface area contributed by atoms with Gasteiger partial charge in [0.1, 0.15) is 24.4 Å². The largest absolute Gasteiger partial charge is 0.396 e. The second-order valence-electron chi connectivity index (χ2n) is 9.67. The molecule has 9 atom stereocenters. The number of hydrogen-bond donors (Lipinski definition) is 5. The summed E-state index contributed by atoms with van der Waals surface area (Å²) in [5.41, 5.74) is 0.799. The van der Waals surface area contributed by atoms with Crippen molar-refractivity contribution in [2.75, 3.05) is 13.2 Å². The lowest BCUT2D eigenvalue weighted by Crippen LogP contribution is -2.62. The molecule has 0 spiro atoms. The summed E-state index contributed by atoms with van der Waals surface area (Å²) in [5.74, 6) is 0.366. The molecular weight excluding hydrogens is 364 g/mol. The molecule has 3 rings (SSSR count). The maximum atomic E-state index is 10.3. The van der Waals surface area contributed by atoms with Crippen LogP contribution in [0.2, 0.25) is 0 Å². The van der Waals surface area contributed by atoms with Gasteiger partial charge in [-0.05, 0) is 42.4 Å². The van der Waals surface area contributed by atoms with Crippen molar-refractivity contribution < 1.29 is 35.0 Å². The average molecular weight is 401 g/mol. The standard InChI is InChI=1S/C21H36O7/c1-11-5-6-14-20(2,3)15(7-8-21(14,4)12(11)9-22)28-19-18(26)17(25)16(24)13(10-23)27-19/h12-19,22-26H,1,5-10H2,2-4H3. The minimum atomic E-state index is -1.44. The van der Waals surface area contributed by atoms with E-state index in [4.69, 9.17) is 9.47 Å². The third-order valence-corrected chi connectivity index (χ3v) is 7.84. The van der Waals surface area contributed by atoms with Gasteiger partial charge >= 0.3 is 0 Å². The highest BCUT2D eigenvalue weighted by atomic mass is 16.7. The number of aliphatic hydroxyl groups excluding tert-OH is 5. The van der Waals surface area contributed by atoms with Gasteiger partial charge in [0, 0.05) is 5.92 Å². The van der Waals surface area contributed by atoms with E-state index in [2.05, 4.69) is 27.4 Å². The fraction of sp³-hybridized carbons (Fsp3) is 0.905. The predicted octanol–water partition coefficient (Wildman–Crippen LogP) is 0.572. The van der Waals surface area contributed by atoms with Crippen molar-refractivity contribution >= 4 is 0 Å². The van der Waals surface area contributed by atoms with Gasteiger partial charge in [0.2, 0.25) is 0 Å². The maximum absolute atomic E-state index is 10.3. The van der Waals surface area contributed by atoms with Crippen LogP contribution in [0, 0.1) is 22.7 Å². The van der Waals surface area contributed by atoms with Gasteiger partial charge in [0.25, 0.3) is 0 Å². The van der Waals surface area contributed by atoms with Crippen molar-refractivity contribution in [3.05, 3.63) is 12.2 Å². The lowest BCUT2D eigenvalue weighted by atomic mass is 9.47. The molecule has 3 aliphatic rings. The molecule has 1 saturated heterocycles. The van der Waals surface area contributed by atoms with Crippen molar-refractivity contribution in [3.63, 3.8) is 0 Å². The molecule has 9 unspecified atom stereocenters. The van der Waals surface area contributed by atoms with Gasteiger partial charge < -0.3 is 35.0 Å². The summed E-state index contributed by atoms with van der Waals surface area (Å²) in [6.45, 7) is 10.3. The van der Waals surface area contributed by atoms with E-state index in [0.29, 0.717) is 5.92 Å². The zero-order valence-electron chi connectivity index (χ0n) is 17.1. The Balaban J connectivity index is 1.79. The quantitative estimate of drug-likeness (QED) is 0.346. The number of ether oxygens (including phenoxy) is 2. The van der Waals surface area contributed by atoms with Crippen molar-refractivity contribution in [3.8, 4) is 0 Å². The maximum Gasteiger partial charge on any atom is 0.186 e. The molecule has 1 aliphatic heterocycles. The van der Waals surface area contributed by atoms with E-state index >= 15 is 0 Å². The van der Waals surface area contributed by atoms with E-state index in [9.17, 15) is 25.5 Å². The van der Waals surface area contributed by atoms with Crippen molar-refractivity contribution in [1.82, 2.24) is 0 Å². The van der Waals surface area contributed by atoms with E-state index in [1.807, 2.05) is 0 Å². The van der Waals surface area contributed by atoms with Gasteiger partial charge in [-0.2, -0.15) is 0 Å². The lowest BCUT2D eigenvalue weighted by Gasteiger charge is -2.60. The highest BCUT2D eigenvalue weighted by Gasteiger charge is 2.57. The normalized spacial score (nSPS) is 48.9. The van der Waals surface area contributed by atoms with Crippen molar-refractivity contribution in [2.45, 2.75) is 83.3 Å². The van der Waals surface area contributed by atoms with Crippen LogP contribution in [0.15, 0.2) is 12.2 Å². The Kier molecular flexibility index (Phi) is 6.29. The molecule has 2 saturated carbocycles. The second kappa shape index (κ2) is 7.95. The molecule has 3 fully saturated rings. The number of hydrogen-bond acceptors (Lipinski definition) is 7. The van der Waals surface area contributed by atoms with Crippen LogP contribution in [0.5, 0.6) is 0 Å². The number of fused-ring (bicyclic) bond motifs is 1. The van der Waals surface area contributed by atoms with E-state index < -0.39 is 37.3 Å². The van der Waals surface area contributed by atoms with Gasteiger partial charge in [0.15, 0.2) is 6.29 Å². The monoisotopic (exact) mass is 400 g/mol. The van der Waals surface area contributed by atoms with Crippen LogP contribution in [0.4, 0.5) is 0 Å². The second-order valence-corrected chi connectivity index (χ2v) is 9.67. The zero-order valence-corrected chi connectivity index (χ0v) is 17.1. The summed E-state index contributed by atoms with van der Waals surface area (Å²) in [5, 5.41) is 49.7. The first kappa shape index (κ1) is 22.2. The summed E-state index contributed by atoms with van der Waals surface area (Å²) in [6.07, 6.45) is -3.12. The molecule has 2 aliphatic carbocycles.